The molecule has 3 rings (SSSR count). The maximum Gasteiger partial charge on any atom is 0.182 e. The number of aromatic nitrogens is 2. The van der Waals surface area contributed by atoms with Gasteiger partial charge in [0, 0.05) is 38.8 Å². The summed E-state index contributed by atoms with van der Waals surface area (Å²) < 4.78 is 3.84. The molecule has 2 N–H and O–H groups in total. The van der Waals surface area contributed by atoms with E-state index in [9.17, 15) is 5.26 Å². The van der Waals surface area contributed by atoms with Crippen molar-refractivity contribution < 1.29 is 0 Å². The predicted molar refractivity (Wildman–Crippen MR) is 114 cm³/mol. The SMILES string of the molecule is Cn1c(NCC2CCCN(Cc3ccc(Cl)cc3)C2)c(C#N)c(=N)n(C)c1=S. The molecule has 0 bridgehead atoms. The van der Waals surface area contributed by atoms with Crippen LogP contribution in [-0.4, -0.2) is 33.7 Å². The summed E-state index contributed by atoms with van der Waals surface area (Å²) in [5.41, 5.74) is 1.73. The molecule has 0 saturated carbocycles. The minimum absolute atomic E-state index is 0.140. The zero-order valence-corrected chi connectivity index (χ0v) is 17.8. The maximum atomic E-state index is 9.51. The molecule has 0 radical (unpaired) electrons. The minimum atomic E-state index is 0.140. The molecule has 1 aromatic carbocycles. The van der Waals surface area contributed by atoms with Crippen LogP contribution in [-0.2, 0) is 20.6 Å². The Morgan fingerprint density at radius 3 is 2.68 bits per heavy atom. The van der Waals surface area contributed by atoms with Crippen LogP contribution in [0, 0.1) is 27.4 Å². The molecule has 6 nitrogen and oxygen atoms in total. The summed E-state index contributed by atoms with van der Waals surface area (Å²) in [7, 11) is 3.55. The highest BCUT2D eigenvalue weighted by molar-refractivity contribution is 7.71. The van der Waals surface area contributed by atoms with Crippen LogP contribution in [0.15, 0.2) is 24.3 Å². The Bertz CT molecular complexity index is 1000. The maximum absolute atomic E-state index is 9.51. The zero-order chi connectivity index (χ0) is 20.3. The topological polar surface area (TPSA) is 72.8 Å². The summed E-state index contributed by atoms with van der Waals surface area (Å²) in [6.07, 6.45) is 2.29. The minimum Gasteiger partial charge on any atom is -0.370 e. The van der Waals surface area contributed by atoms with Crippen molar-refractivity contribution in [3.8, 4) is 6.07 Å². The Morgan fingerprint density at radius 1 is 1.29 bits per heavy atom. The average Bonchev–Trinajstić information content (AvgIpc) is 2.70. The number of nitriles is 1. The lowest BCUT2D eigenvalue weighted by Gasteiger charge is -2.33. The molecule has 1 saturated heterocycles. The first-order valence-electron chi connectivity index (χ1n) is 9.36. The van der Waals surface area contributed by atoms with Gasteiger partial charge in [0.25, 0.3) is 0 Å². The number of hydrogen-bond donors (Lipinski definition) is 2. The summed E-state index contributed by atoms with van der Waals surface area (Å²) >= 11 is 11.4. The lowest BCUT2D eigenvalue weighted by atomic mass is 9.97. The second-order valence-corrected chi connectivity index (χ2v) is 8.14. The van der Waals surface area contributed by atoms with E-state index in [0.717, 1.165) is 44.0 Å². The van der Waals surface area contributed by atoms with Gasteiger partial charge in [-0.05, 0) is 55.2 Å². The largest absolute Gasteiger partial charge is 0.370 e. The van der Waals surface area contributed by atoms with E-state index in [1.54, 1.807) is 16.2 Å². The number of likely N-dealkylation sites (tertiary alicyclic amines) is 1. The van der Waals surface area contributed by atoms with Crippen molar-refractivity contribution in [1.82, 2.24) is 14.0 Å². The number of anilines is 1. The number of benzene rings is 1. The first kappa shape index (κ1) is 20.6. The van der Waals surface area contributed by atoms with E-state index in [4.69, 9.17) is 29.2 Å². The Hall–Kier alpha value is -2.14. The van der Waals surface area contributed by atoms with E-state index in [-0.39, 0.29) is 5.49 Å². The normalized spacial score (nSPS) is 17.3. The molecule has 1 aromatic heterocycles. The van der Waals surface area contributed by atoms with Crippen molar-refractivity contribution >= 4 is 29.6 Å². The van der Waals surface area contributed by atoms with Gasteiger partial charge in [-0.25, -0.2) is 0 Å². The van der Waals surface area contributed by atoms with Gasteiger partial charge in [0.15, 0.2) is 4.77 Å². The number of piperidine rings is 1. The van der Waals surface area contributed by atoms with Crippen molar-refractivity contribution in [1.29, 1.82) is 10.7 Å². The van der Waals surface area contributed by atoms with E-state index >= 15 is 0 Å². The van der Waals surface area contributed by atoms with E-state index in [1.807, 2.05) is 19.2 Å². The number of rotatable bonds is 5. The number of halogens is 1. The highest BCUT2D eigenvalue weighted by Crippen LogP contribution is 2.21. The molecule has 2 aromatic rings. The Balaban J connectivity index is 1.68. The molecule has 0 spiro atoms. The lowest BCUT2D eigenvalue weighted by Crippen LogP contribution is -2.38. The summed E-state index contributed by atoms with van der Waals surface area (Å²) in [5, 5.41) is 21.8. The lowest BCUT2D eigenvalue weighted by molar-refractivity contribution is 0.173. The van der Waals surface area contributed by atoms with Crippen molar-refractivity contribution in [2.75, 3.05) is 25.0 Å². The van der Waals surface area contributed by atoms with Gasteiger partial charge in [-0.15, -0.1) is 0 Å². The summed E-state index contributed by atoms with van der Waals surface area (Å²) in [6.45, 7) is 3.75. The number of hydrogen-bond acceptors (Lipinski definition) is 5. The van der Waals surface area contributed by atoms with E-state index in [1.165, 1.54) is 5.56 Å². The average molecular weight is 417 g/mol. The molecule has 2 heterocycles. The second kappa shape index (κ2) is 8.91. The quantitative estimate of drug-likeness (QED) is 0.732. The van der Waals surface area contributed by atoms with Crippen molar-refractivity contribution in [3.05, 3.63) is 50.7 Å². The van der Waals surface area contributed by atoms with Crippen LogP contribution in [0.5, 0.6) is 0 Å². The van der Waals surface area contributed by atoms with Gasteiger partial charge >= 0.3 is 0 Å². The highest BCUT2D eigenvalue weighted by atomic mass is 35.5. The fourth-order valence-electron chi connectivity index (χ4n) is 3.73. The fraction of sp³-hybridized carbons (Fsp3) is 0.450. The zero-order valence-electron chi connectivity index (χ0n) is 16.2. The monoisotopic (exact) mass is 416 g/mol. The van der Waals surface area contributed by atoms with Gasteiger partial charge in [0.2, 0.25) is 0 Å². The van der Waals surface area contributed by atoms with E-state index < -0.39 is 0 Å². The molecule has 1 aliphatic heterocycles. The van der Waals surface area contributed by atoms with Gasteiger partial charge in [0.1, 0.15) is 22.9 Å². The van der Waals surface area contributed by atoms with Crippen LogP contribution in [0.2, 0.25) is 5.02 Å². The molecule has 148 valence electrons. The van der Waals surface area contributed by atoms with E-state index in [2.05, 4.69) is 28.4 Å². The van der Waals surface area contributed by atoms with E-state index in [0.29, 0.717) is 22.1 Å². The smallest absolute Gasteiger partial charge is 0.182 e. The van der Waals surface area contributed by atoms with Crippen LogP contribution in [0.25, 0.3) is 0 Å². The van der Waals surface area contributed by atoms with Crippen molar-refractivity contribution in [3.63, 3.8) is 0 Å². The van der Waals surface area contributed by atoms with Crippen LogP contribution in [0.3, 0.4) is 0 Å². The first-order chi connectivity index (χ1) is 13.4. The third-order valence-electron chi connectivity index (χ3n) is 5.31. The molecule has 1 aliphatic rings. The molecular formula is C20H25ClN6S. The fourth-order valence-corrected chi connectivity index (χ4v) is 4.04. The second-order valence-electron chi connectivity index (χ2n) is 7.34. The molecule has 28 heavy (non-hydrogen) atoms. The molecule has 8 heteroatoms. The third kappa shape index (κ3) is 4.46. The van der Waals surface area contributed by atoms with Crippen LogP contribution < -0.4 is 10.8 Å². The van der Waals surface area contributed by atoms with Gasteiger partial charge in [0.05, 0.1) is 0 Å². The molecule has 0 aliphatic carbocycles. The van der Waals surface area contributed by atoms with Crippen molar-refractivity contribution in [2.45, 2.75) is 19.4 Å². The number of nitrogens with zero attached hydrogens (tertiary/aromatic N) is 4. The summed E-state index contributed by atoms with van der Waals surface area (Å²) in [4.78, 5) is 2.46. The molecule has 1 fully saturated rings. The molecule has 0 amide bonds. The Kier molecular flexibility index (Phi) is 6.55. The van der Waals surface area contributed by atoms with Crippen LogP contribution in [0.4, 0.5) is 5.82 Å². The van der Waals surface area contributed by atoms with Gasteiger partial charge in [-0.2, -0.15) is 5.26 Å². The Morgan fingerprint density at radius 2 is 2.00 bits per heavy atom. The molecule has 1 atom stereocenters. The third-order valence-corrected chi connectivity index (χ3v) is 6.11. The van der Waals surface area contributed by atoms with Gasteiger partial charge in [-0.3, -0.25) is 10.3 Å². The standard InChI is InChI=1S/C20H25ClN6S/c1-25-18(23)17(10-22)19(26(2)20(25)28)24-11-15-4-3-9-27(13-15)12-14-5-7-16(21)8-6-14/h5-8,15,23-24H,3-4,9,11-13H2,1-2H3. The molecule has 1 unspecified atom stereocenters. The Labute approximate surface area is 175 Å². The van der Waals surface area contributed by atoms with Crippen LogP contribution >= 0.6 is 23.8 Å². The summed E-state index contributed by atoms with van der Waals surface area (Å²) in [5.74, 6) is 1.11. The first-order valence-corrected chi connectivity index (χ1v) is 10.1. The van der Waals surface area contributed by atoms with Gasteiger partial charge < -0.3 is 14.5 Å². The predicted octanol–water partition coefficient (Wildman–Crippen LogP) is 3.42. The van der Waals surface area contributed by atoms with Gasteiger partial charge in [-0.1, -0.05) is 23.7 Å². The summed E-state index contributed by atoms with van der Waals surface area (Å²) in [6, 6.07) is 10.2. The molecular weight excluding hydrogens is 392 g/mol. The highest BCUT2D eigenvalue weighted by Gasteiger charge is 2.21. The van der Waals surface area contributed by atoms with Crippen molar-refractivity contribution in [2.24, 2.45) is 20.0 Å². The van der Waals surface area contributed by atoms with Crippen LogP contribution in [0.1, 0.15) is 24.0 Å². The number of nitrogens with one attached hydrogen (secondary N) is 2.